The van der Waals surface area contributed by atoms with Crippen LogP contribution in [0, 0.1) is 13.8 Å². The van der Waals surface area contributed by atoms with Crippen LogP contribution in [0.3, 0.4) is 0 Å². The van der Waals surface area contributed by atoms with Gasteiger partial charge in [0.15, 0.2) is 0 Å². The minimum atomic E-state index is -0.937. The molecule has 0 atom stereocenters. The van der Waals surface area contributed by atoms with E-state index in [0.717, 1.165) is 35.5 Å². The second-order valence-electron chi connectivity index (χ2n) is 5.30. The molecule has 0 saturated carbocycles. The summed E-state index contributed by atoms with van der Waals surface area (Å²) < 4.78 is 0. The summed E-state index contributed by atoms with van der Waals surface area (Å²) in [5.41, 5.74) is 3.84. The van der Waals surface area contributed by atoms with Gasteiger partial charge in [0.1, 0.15) is 11.4 Å². The molecule has 0 aliphatic carbocycles. The van der Waals surface area contributed by atoms with E-state index >= 15 is 0 Å². The molecular formula is C18H22N2O2. The van der Waals surface area contributed by atoms with Gasteiger partial charge in [0, 0.05) is 24.3 Å². The van der Waals surface area contributed by atoms with Crippen molar-refractivity contribution in [2.45, 2.75) is 27.7 Å². The summed E-state index contributed by atoms with van der Waals surface area (Å²) in [4.78, 5) is 18.4. The number of rotatable bonds is 5. The number of carboxylic acid groups (broad SMARTS) is 1. The molecule has 0 aliphatic rings. The lowest BCUT2D eigenvalue weighted by atomic mass is 9.95. The van der Waals surface area contributed by atoms with Gasteiger partial charge in [-0.2, -0.15) is 0 Å². The number of pyridine rings is 1. The van der Waals surface area contributed by atoms with Crippen LogP contribution in [-0.2, 0) is 0 Å². The van der Waals surface area contributed by atoms with Crippen molar-refractivity contribution in [3.05, 3.63) is 47.2 Å². The summed E-state index contributed by atoms with van der Waals surface area (Å²) in [5, 5.41) is 9.76. The van der Waals surface area contributed by atoms with Crippen LogP contribution in [0.5, 0.6) is 0 Å². The Labute approximate surface area is 131 Å². The van der Waals surface area contributed by atoms with Gasteiger partial charge in [-0.3, -0.25) is 0 Å². The lowest BCUT2D eigenvalue weighted by Crippen LogP contribution is -2.26. The van der Waals surface area contributed by atoms with Gasteiger partial charge in [-0.1, -0.05) is 24.3 Å². The Morgan fingerprint density at radius 3 is 2.32 bits per heavy atom. The van der Waals surface area contributed by atoms with Crippen LogP contribution in [0.1, 0.15) is 35.5 Å². The van der Waals surface area contributed by atoms with Crippen molar-refractivity contribution in [3.8, 4) is 11.1 Å². The van der Waals surface area contributed by atoms with Gasteiger partial charge in [-0.05, 0) is 44.9 Å². The first kappa shape index (κ1) is 16.0. The van der Waals surface area contributed by atoms with Gasteiger partial charge < -0.3 is 10.0 Å². The van der Waals surface area contributed by atoms with Crippen LogP contribution < -0.4 is 4.90 Å². The van der Waals surface area contributed by atoms with E-state index in [2.05, 4.69) is 4.98 Å². The van der Waals surface area contributed by atoms with Gasteiger partial charge in [-0.25, -0.2) is 9.78 Å². The summed E-state index contributed by atoms with van der Waals surface area (Å²) in [6.07, 6.45) is 0. The largest absolute Gasteiger partial charge is 0.478 e. The second kappa shape index (κ2) is 6.60. The lowest BCUT2D eigenvalue weighted by molar-refractivity contribution is 0.0698. The molecule has 0 aliphatic heterocycles. The molecule has 0 unspecified atom stereocenters. The Hall–Kier alpha value is -2.36. The Kier molecular flexibility index (Phi) is 4.81. The van der Waals surface area contributed by atoms with Gasteiger partial charge in [-0.15, -0.1) is 0 Å². The van der Waals surface area contributed by atoms with E-state index < -0.39 is 5.97 Å². The van der Waals surface area contributed by atoms with E-state index in [1.165, 1.54) is 0 Å². The third-order valence-electron chi connectivity index (χ3n) is 3.84. The van der Waals surface area contributed by atoms with E-state index in [-0.39, 0.29) is 5.56 Å². The molecule has 2 rings (SSSR count). The Bertz CT molecular complexity index is 691. The number of carbonyl (C=O) groups is 1. The fourth-order valence-electron chi connectivity index (χ4n) is 2.71. The molecule has 0 spiro atoms. The zero-order valence-electron chi connectivity index (χ0n) is 13.6. The summed E-state index contributed by atoms with van der Waals surface area (Å²) >= 11 is 0. The topological polar surface area (TPSA) is 53.4 Å². The maximum Gasteiger partial charge on any atom is 0.340 e. The molecule has 0 fully saturated rings. The first-order valence-corrected chi connectivity index (χ1v) is 7.55. The quantitative estimate of drug-likeness (QED) is 0.909. The fourth-order valence-corrected chi connectivity index (χ4v) is 2.71. The standard InChI is InChI=1S/C18H22N2O2/c1-5-20(6-2)17-16(18(21)22)15(11-13(4)19-17)14-10-8-7-9-12(14)3/h7-11H,5-6H2,1-4H3,(H,21,22). The van der Waals surface area contributed by atoms with E-state index in [0.29, 0.717) is 5.82 Å². The summed E-state index contributed by atoms with van der Waals surface area (Å²) in [5.74, 6) is -0.386. The summed E-state index contributed by atoms with van der Waals surface area (Å²) in [6.45, 7) is 9.36. The Morgan fingerprint density at radius 2 is 1.77 bits per heavy atom. The molecule has 4 heteroatoms. The highest BCUT2D eigenvalue weighted by Gasteiger charge is 2.22. The molecule has 2 aromatic rings. The molecule has 1 aromatic carbocycles. The van der Waals surface area contributed by atoms with E-state index in [4.69, 9.17) is 0 Å². The van der Waals surface area contributed by atoms with Crippen LogP contribution >= 0.6 is 0 Å². The number of hydrogen-bond acceptors (Lipinski definition) is 3. The number of aromatic nitrogens is 1. The third kappa shape index (κ3) is 2.96. The van der Waals surface area contributed by atoms with E-state index in [1.807, 2.05) is 62.9 Å². The smallest absolute Gasteiger partial charge is 0.340 e. The zero-order valence-corrected chi connectivity index (χ0v) is 13.6. The van der Waals surface area contributed by atoms with Crippen LogP contribution in [0.25, 0.3) is 11.1 Å². The minimum absolute atomic E-state index is 0.281. The number of nitrogens with zero attached hydrogens (tertiary/aromatic N) is 2. The summed E-state index contributed by atoms with van der Waals surface area (Å²) in [7, 11) is 0. The third-order valence-corrected chi connectivity index (χ3v) is 3.84. The predicted octanol–water partition coefficient (Wildman–Crippen LogP) is 3.91. The van der Waals surface area contributed by atoms with Crippen LogP contribution in [0.4, 0.5) is 5.82 Å². The van der Waals surface area contributed by atoms with Gasteiger partial charge in [0.2, 0.25) is 0 Å². The number of carboxylic acids is 1. The molecule has 1 N–H and O–H groups in total. The average Bonchev–Trinajstić information content (AvgIpc) is 2.48. The van der Waals surface area contributed by atoms with Crippen molar-refractivity contribution in [1.29, 1.82) is 0 Å². The average molecular weight is 298 g/mol. The molecule has 116 valence electrons. The molecule has 22 heavy (non-hydrogen) atoms. The van der Waals surface area contributed by atoms with Gasteiger partial charge in [0.05, 0.1) is 0 Å². The Balaban J connectivity index is 2.79. The van der Waals surface area contributed by atoms with Crippen molar-refractivity contribution in [3.63, 3.8) is 0 Å². The van der Waals surface area contributed by atoms with Crippen molar-refractivity contribution in [2.24, 2.45) is 0 Å². The fraction of sp³-hybridized carbons (Fsp3) is 0.333. The van der Waals surface area contributed by atoms with Crippen LogP contribution in [-0.4, -0.2) is 29.1 Å². The van der Waals surface area contributed by atoms with Crippen molar-refractivity contribution >= 4 is 11.8 Å². The summed E-state index contributed by atoms with van der Waals surface area (Å²) in [6, 6.07) is 9.70. The minimum Gasteiger partial charge on any atom is -0.478 e. The number of aromatic carboxylic acids is 1. The predicted molar refractivity (Wildman–Crippen MR) is 89.7 cm³/mol. The molecule has 0 amide bonds. The molecule has 0 bridgehead atoms. The number of anilines is 1. The van der Waals surface area contributed by atoms with Gasteiger partial charge in [0.25, 0.3) is 0 Å². The van der Waals surface area contributed by atoms with Crippen LogP contribution in [0.2, 0.25) is 0 Å². The first-order chi connectivity index (χ1) is 10.5. The maximum atomic E-state index is 11.9. The maximum absolute atomic E-state index is 11.9. The van der Waals surface area contributed by atoms with Crippen molar-refractivity contribution < 1.29 is 9.90 Å². The van der Waals surface area contributed by atoms with E-state index in [1.54, 1.807) is 0 Å². The number of aryl methyl sites for hydroxylation is 2. The SMILES string of the molecule is CCN(CC)c1nc(C)cc(-c2ccccc2C)c1C(=O)O. The van der Waals surface area contributed by atoms with Crippen molar-refractivity contribution in [1.82, 2.24) is 4.98 Å². The molecule has 0 radical (unpaired) electrons. The lowest BCUT2D eigenvalue weighted by Gasteiger charge is -2.24. The van der Waals surface area contributed by atoms with E-state index in [9.17, 15) is 9.90 Å². The molecule has 1 aromatic heterocycles. The molecule has 0 saturated heterocycles. The highest BCUT2D eigenvalue weighted by atomic mass is 16.4. The monoisotopic (exact) mass is 298 g/mol. The number of benzene rings is 1. The molecule has 1 heterocycles. The second-order valence-corrected chi connectivity index (χ2v) is 5.30. The first-order valence-electron chi connectivity index (χ1n) is 7.55. The van der Waals surface area contributed by atoms with Crippen molar-refractivity contribution in [2.75, 3.05) is 18.0 Å². The van der Waals surface area contributed by atoms with Crippen LogP contribution in [0.15, 0.2) is 30.3 Å². The Morgan fingerprint density at radius 1 is 1.14 bits per heavy atom. The highest BCUT2D eigenvalue weighted by Crippen LogP contribution is 2.32. The number of hydrogen-bond donors (Lipinski definition) is 1. The molecular weight excluding hydrogens is 276 g/mol. The normalized spacial score (nSPS) is 10.5. The molecule has 4 nitrogen and oxygen atoms in total. The van der Waals surface area contributed by atoms with Gasteiger partial charge >= 0.3 is 5.97 Å². The highest BCUT2D eigenvalue weighted by molar-refractivity contribution is 6.01. The zero-order chi connectivity index (χ0) is 16.3.